The lowest BCUT2D eigenvalue weighted by Crippen LogP contribution is -2.53. The number of nitrogens with one attached hydrogen (secondary N) is 2. The molecule has 2 aliphatic rings. The highest BCUT2D eigenvalue weighted by molar-refractivity contribution is 5.83. The second-order valence-corrected chi connectivity index (χ2v) is 2.29. The summed E-state index contributed by atoms with van der Waals surface area (Å²) in [6.45, 7) is 1.13. The molecule has 0 aromatic carbocycles. The predicted octanol–water partition coefficient (Wildman–Crippen LogP) is -1.57. The molecule has 0 aliphatic carbocycles. The second kappa shape index (κ2) is 1.68. The fourth-order valence-electron chi connectivity index (χ4n) is 1.12. The summed E-state index contributed by atoms with van der Waals surface area (Å²) < 4.78 is 5.15. The van der Waals surface area contributed by atoms with Crippen LogP contribution in [0.4, 0.5) is 0 Å². The van der Waals surface area contributed by atoms with E-state index >= 15 is 0 Å². The molecule has 2 saturated heterocycles. The first-order valence-electron chi connectivity index (χ1n) is 3.01. The molecule has 50 valence electrons. The van der Waals surface area contributed by atoms with Gasteiger partial charge in [-0.05, 0) is 0 Å². The van der Waals surface area contributed by atoms with Crippen molar-refractivity contribution in [1.29, 1.82) is 0 Å². The third-order valence-electron chi connectivity index (χ3n) is 1.63. The molecule has 2 heterocycles. The van der Waals surface area contributed by atoms with E-state index in [1.165, 1.54) is 0 Å². The molecule has 2 unspecified atom stereocenters. The van der Waals surface area contributed by atoms with Crippen LogP contribution in [-0.2, 0) is 9.53 Å². The van der Waals surface area contributed by atoms with Crippen LogP contribution in [0.2, 0.25) is 0 Å². The van der Waals surface area contributed by atoms with Crippen LogP contribution in [0, 0.1) is 0 Å². The van der Waals surface area contributed by atoms with Gasteiger partial charge in [-0.2, -0.15) is 0 Å². The molecule has 9 heavy (non-hydrogen) atoms. The smallest absolute Gasteiger partial charge is 0.239 e. The number of hydrogen-bond acceptors (Lipinski definition) is 3. The molecule has 4 nitrogen and oxygen atoms in total. The minimum Gasteiger partial charge on any atom is -0.359 e. The molecule has 2 rings (SSSR count). The first-order valence-corrected chi connectivity index (χ1v) is 3.01. The molecule has 4 heteroatoms. The Balaban J connectivity index is 2.14. The molecule has 0 aromatic heterocycles. The van der Waals surface area contributed by atoms with Crippen LogP contribution >= 0.6 is 0 Å². The standard InChI is InChI=1S/C5H8N2O2/c8-5-3-2-9-4(7-3)1-6-5/h3-4,7H,1-2H2,(H,6,8). The quantitative estimate of drug-likeness (QED) is 0.414. The Morgan fingerprint density at radius 2 is 2.56 bits per heavy atom. The van der Waals surface area contributed by atoms with Crippen molar-refractivity contribution in [3.8, 4) is 0 Å². The van der Waals surface area contributed by atoms with E-state index in [1.807, 2.05) is 0 Å². The van der Waals surface area contributed by atoms with E-state index in [0.717, 1.165) is 0 Å². The van der Waals surface area contributed by atoms with Gasteiger partial charge in [-0.25, -0.2) is 0 Å². The van der Waals surface area contributed by atoms with Crippen LogP contribution in [0.5, 0.6) is 0 Å². The van der Waals surface area contributed by atoms with Crippen molar-refractivity contribution in [2.75, 3.05) is 13.2 Å². The number of carbonyl (C=O) groups excluding carboxylic acids is 1. The van der Waals surface area contributed by atoms with Gasteiger partial charge in [-0.3, -0.25) is 10.1 Å². The minimum absolute atomic E-state index is 0.0590. The Hall–Kier alpha value is -0.610. The van der Waals surface area contributed by atoms with E-state index < -0.39 is 0 Å². The highest BCUT2D eigenvalue weighted by atomic mass is 16.5. The SMILES string of the molecule is O=C1NCC2NC1CO2. The van der Waals surface area contributed by atoms with Gasteiger partial charge in [0.2, 0.25) is 5.91 Å². The Morgan fingerprint density at radius 3 is 3.33 bits per heavy atom. The van der Waals surface area contributed by atoms with Crippen LogP contribution in [0.15, 0.2) is 0 Å². The number of carbonyl (C=O) groups is 1. The van der Waals surface area contributed by atoms with Gasteiger partial charge in [0.1, 0.15) is 12.3 Å². The van der Waals surface area contributed by atoms with Gasteiger partial charge in [0.05, 0.1) is 13.2 Å². The fourth-order valence-corrected chi connectivity index (χ4v) is 1.12. The molecule has 0 spiro atoms. The maximum absolute atomic E-state index is 10.8. The van der Waals surface area contributed by atoms with Gasteiger partial charge >= 0.3 is 0 Å². The molecular weight excluding hydrogens is 120 g/mol. The fraction of sp³-hybridized carbons (Fsp3) is 0.800. The normalized spacial score (nSPS) is 40.7. The Bertz CT molecular complexity index is 148. The third-order valence-corrected chi connectivity index (χ3v) is 1.63. The van der Waals surface area contributed by atoms with E-state index in [-0.39, 0.29) is 18.2 Å². The topological polar surface area (TPSA) is 50.4 Å². The Labute approximate surface area is 52.6 Å². The van der Waals surface area contributed by atoms with E-state index in [4.69, 9.17) is 4.74 Å². The summed E-state index contributed by atoms with van der Waals surface area (Å²) in [5, 5.41) is 5.72. The van der Waals surface area contributed by atoms with Crippen LogP contribution in [-0.4, -0.2) is 31.3 Å². The van der Waals surface area contributed by atoms with E-state index in [2.05, 4.69) is 10.6 Å². The van der Waals surface area contributed by atoms with E-state index in [0.29, 0.717) is 13.2 Å². The number of hydrogen-bond donors (Lipinski definition) is 2. The van der Waals surface area contributed by atoms with Crippen LogP contribution in [0.3, 0.4) is 0 Å². The van der Waals surface area contributed by atoms with Gasteiger partial charge in [0.15, 0.2) is 0 Å². The van der Waals surface area contributed by atoms with Crippen molar-refractivity contribution in [3.63, 3.8) is 0 Å². The number of rotatable bonds is 0. The maximum Gasteiger partial charge on any atom is 0.239 e. The molecule has 2 atom stereocenters. The van der Waals surface area contributed by atoms with Crippen LogP contribution in [0.25, 0.3) is 0 Å². The lowest BCUT2D eigenvalue weighted by molar-refractivity contribution is -0.123. The maximum atomic E-state index is 10.8. The summed E-state index contributed by atoms with van der Waals surface area (Å²) in [6, 6.07) is -0.0938. The highest BCUT2D eigenvalue weighted by Crippen LogP contribution is 2.06. The summed E-state index contributed by atoms with van der Waals surface area (Å²) in [4.78, 5) is 10.8. The van der Waals surface area contributed by atoms with Crippen molar-refractivity contribution in [1.82, 2.24) is 10.6 Å². The van der Waals surface area contributed by atoms with Crippen LogP contribution in [0.1, 0.15) is 0 Å². The van der Waals surface area contributed by atoms with Crippen molar-refractivity contribution in [2.45, 2.75) is 12.3 Å². The summed E-state index contributed by atoms with van der Waals surface area (Å²) in [7, 11) is 0. The number of piperazine rings is 1. The zero-order valence-corrected chi connectivity index (χ0v) is 4.89. The average Bonchev–Trinajstić information content (AvgIpc) is 2.25. The number of ether oxygens (including phenoxy) is 1. The summed E-state index contributed by atoms with van der Waals surface area (Å²) in [5.74, 6) is 0.0590. The molecule has 0 radical (unpaired) electrons. The molecular formula is C5H8N2O2. The minimum atomic E-state index is -0.0938. The van der Waals surface area contributed by atoms with Gasteiger partial charge in [-0.15, -0.1) is 0 Å². The largest absolute Gasteiger partial charge is 0.359 e. The van der Waals surface area contributed by atoms with E-state index in [9.17, 15) is 4.79 Å². The van der Waals surface area contributed by atoms with Crippen molar-refractivity contribution in [3.05, 3.63) is 0 Å². The molecule has 1 amide bonds. The molecule has 0 aromatic rings. The molecule has 0 saturated carbocycles. The predicted molar refractivity (Wildman–Crippen MR) is 29.7 cm³/mol. The highest BCUT2D eigenvalue weighted by Gasteiger charge is 2.34. The second-order valence-electron chi connectivity index (χ2n) is 2.29. The average molecular weight is 128 g/mol. The third kappa shape index (κ3) is 0.710. The molecule has 2 fully saturated rings. The molecule has 2 aliphatic heterocycles. The Kier molecular flexibility index (Phi) is 0.972. The molecule has 2 N–H and O–H groups in total. The zero-order chi connectivity index (χ0) is 6.27. The van der Waals surface area contributed by atoms with Crippen LogP contribution < -0.4 is 10.6 Å². The zero-order valence-electron chi connectivity index (χ0n) is 4.89. The monoisotopic (exact) mass is 128 g/mol. The lowest BCUT2D eigenvalue weighted by atomic mass is 10.2. The van der Waals surface area contributed by atoms with Crippen molar-refractivity contribution >= 4 is 5.91 Å². The first kappa shape index (κ1) is 5.20. The first-order chi connectivity index (χ1) is 4.36. The van der Waals surface area contributed by atoms with Crippen molar-refractivity contribution < 1.29 is 9.53 Å². The molecule has 2 bridgehead atoms. The van der Waals surface area contributed by atoms with Gasteiger partial charge < -0.3 is 10.1 Å². The summed E-state index contributed by atoms with van der Waals surface area (Å²) >= 11 is 0. The lowest BCUT2D eigenvalue weighted by Gasteiger charge is -2.18. The van der Waals surface area contributed by atoms with Crippen molar-refractivity contribution in [2.24, 2.45) is 0 Å². The van der Waals surface area contributed by atoms with Gasteiger partial charge in [0, 0.05) is 0 Å². The summed E-state index contributed by atoms with van der Waals surface area (Å²) in [5.41, 5.74) is 0. The van der Waals surface area contributed by atoms with Gasteiger partial charge in [0.25, 0.3) is 0 Å². The number of amides is 1. The van der Waals surface area contributed by atoms with E-state index in [1.54, 1.807) is 0 Å². The number of fused-ring (bicyclic) bond motifs is 2. The van der Waals surface area contributed by atoms with Gasteiger partial charge in [-0.1, -0.05) is 0 Å². The Morgan fingerprint density at radius 1 is 1.67 bits per heavy atom. The summed E-state index contributed by atoms with van der Waals surface area (Å²) in [6.07, 6.45) is 0.0627.